The van der Waals surface area contributed by atoms with Crippen LogP contribution in [0.3, 0.4) is 0 Å². The Balaban J connectivity index is 1.42. The van der Waals surface area contributed by atoms with Gasteiger partial charge >= 0.3 is 0 Å². The highest BCUT2D eigenvalue weighted by Crippen LogP contribution is 2.25. The maximum absolute atomic E-state index is 12.9. The van der Waals surface area contributed by atoms with E-state index in [2.05, 4.69) is 25.7 Å². The van der Waals surface area contributed by atoms with Gasteiger partial charge in [-0.15, -0.1) is 10.2 Å². The number of sulfonamides is 1. The smallest absolute Gasteiger partial charge is 0.272 e. The van der Waals surface area contributed by atoms with Crippen LogP contribution in [0.1, 0.15) is 23.2 Å². The van der Waals surface area contributed by atoms with E-state index in [1.807, 2.05) is 6.92 Å². The number of benzene rings is 2. The summed E-state index contributed by atoms with van der Waals surface area (Å²) < 4.78 is 37.2. The van der Waals surface area contributed by atoms with E-state index >= 15 is 0 Å². The molecule has 11 nitrogen and oxygen atoms in total. The molecule has 34 heavy (non-hydrogen) atoms. The van der Waals surface area contributed by atoms with Gasteiger partial charge in [-0.25, -0.2) is 8.42 Å². The molecule has 2 aromatic carbocycles. The lowest BCUT2D eigenvalue weighted by atomic mass is 10.2. The van der Waals surface area contributed by atoms with Crippen LogP contribution in [0.25, 0.3) is 11.4 Å². The summed E-state index contributed by atoms with van der Waals surface area (Å²) in [5.41, 5.74) is 1.12. The zero-order valence-corrected chi connectivity index (χ0v) is 19.8. The number of carbonyl (C=O) groups excluding carboxylic acids is 1. The Morgan fingerprint density at radius 1 is 1.12 bits per heavy atom. The zero-order chi connectivity index (χ0) is 24.1. The van der Waals surface area contributed by atoms with Crippen molar-refractivity contribution >= 4 is 32.4 Å². The molecule has 0 aliphatic heterocycles. The van der Waals surface area contributed by atoms with Crippen molar-refractivity contribution in [2.75, 3.05) is 19.0 Å². The van der Waals surface area contributed by atoms with Crippen molar-refractivity contribution in [3.8, 4) is 17.1 Å². The van der Waals surface area contributed by atoms with Crippen LogP contribution in [0.4, 0.5) is 5.13 Å². The molecule has 4 rings (SSSR count). The first-order valence-electron chi connectivity index (χ1n) is 10.1. The summed E-state index contributed by atoms with van der Waals surface area (Å²) in [5.74, 6) is 0.738. The Bertz CT molecular complexity index is 1370. The first-order chi connectivity index (χ1) is 16.4. The number of anilines is 1. The third-order valence-electron chi connectivity index (χ3n) is 4.54. The molecular weight excluding hydrogens is 480 g/mol. The number of ether oxygens (including phenoxy) is 1. The van der Waals surface area contributed by atoms with Gasteiger partial charge in [0.1, 0.15) is 5.75 Å². The summed E-state index contributed by atoms with van der Waals surface area (Å²) in [5, 5.41) is 14.0. The van der Waals surface area contributed by atoms with Gasteiger partial charge < -0.3 is 9.26 Å². The Morgan fingerprint density at radius 2 is 1.85 bits per heavy atom. The summed E-state index contributed by atoms with van der Waals surface area (Å²) in [6, 6.07) is 15.6. The van der Waals surface area contributed by atoms with E-state index in [9.17, 15) is 13.2 Å². The average Bonchev–Trinajstić information content (AvgIpc) is 3.50. The minimum absolute atomic E-state index is 0.0661. The van der Waals surface area contributed by atoms with Crippen molar-refractivity contribution in [3.05, 3.63) is 66.1 Å². The molecule has 0 aliphatic carbocycles. The number of rotatable bonds is 9. The van der Waals surface area contributed by atoms with Crippen molar-refractivity contribution in [3.63, 3.8) is 0 Å². The molecule has 0 bridgehead atoms. The lowest BCUT2D eigenvalue weighted by Gasteiger charge is -2.11. The zero-order valence-electron chi connectivity index (χ0n) is 18.2. The molecule has 0 saturated heterocycles. The normalized spacial score (nSPS) is 11.5. The molecule has 0 atom stereocenters. The molecule has 4 aromatic rings. The summed E-state index contributed by atoms with van der Waals surface area (Å²) >= 11 is 0.747. The predicted molar refractivity (Wildman–Crippen MR) is 124 cm³/mol. The van der Waals surface area contributed by atoms with Gasteiger partial charge in [0.2, 0.25) is 21.2 Å². The van der Waals surface area contributed by atoms with Gasteiger partial charge in [-0.3, -0.25) is 10.1 Å². The number of aromatic nitrogens is 4. The highest BCUT2D eigenvalue weighted by molar-refractivity contribution is 7.91. The van der Waals surface area contributed by atoms with E-state index in [4.69, 9.17) is 9.26 Å². The second-order valence-electron chi connectivity index (χ2n) is 6.92. The molecule has 176 valence electrons. The quantitative estimate of drug-likeness (QED) is 0.343. The molecule has 2 heterocycles. The van der Waals surface area contributed by atoms with Crippen LogP contribution in [0.2, 0.25) is 0 Å². The Morgan fingerprint density at radius 3 is 2.56 bits per heavy atom. The van der Waals surface area contributed by atoms with E-state index in [-0.39, 0.29) is 21.9 Å². The number of nitrogens with zero attached hydrogens (tertiary/aromatic N) is 5. The van der Waals surface area contributed by atoms with Crippen molar-refractivity contribution in [1.29, 1.82) is 0 Å². The van der Waals surface area contributed by atoms with Crippen LogP contribution in [0, 0.1) is 0 Å². The van der Waals surface area contributed by atoms with Gasteiger partial charge in [0.25, 0.3) is 15.9 Å². The maximum Gasteiger partial charge on any atom is 0.272 e. The van der Waals surface area contributed by atoms with Crippen LogP contribution in [0.15, 0.2) is 63.5 Å². The second-order valence-corrected chi connectivity index (χ2v) is 10.1. The molecule has 0 spiro atoms. The number of amides is 1. The van der Waals surface area contributed by atoms with Crippen molar-refractivity contribution in [2.24, 2.45) is 0 Å². The van der Waals surface area contributed by atoms with Gasteiger partial charge in [0.05, 0.1) is 13.2 Å². The van der Waals surface area contributed by atoms with Crippen molar-refractivity contribution < 1.29 is 22.5 Å². The molecule has 2 aromatic heterocycles. The third kappa shape index (κ3) is 5.27. The lowest BCUT2D eigenvalue weighted by Crippen LogP contribution is -2.26. The fraction of sp³-hybridized carbons (Fsp3) is 0.190. The predicted octanol–water partition coefficient (Wildman–Crippen LogP) is 3.06. The van der Waals surface area contributed by atoms with Crippen molar-refractivity contribution in [1.82, 2.24) is 24.6 Å². The average molecular weight is 501 g/mol. The number of carbonyl (C=O) groups is 1. The highest BCUT2D eigenvalue weighted by Gasteiger charge is 2.28. The second kappa shape index (κ2) is 10.1. The first-order valence-corrected chi connectivity index (χ1v) is 12.3. The van der Waals surface area contributed by atoms with E-state index in [0.29, 0.717) is 23.6 Å². The molecule has 0 unspecified atom stereocenters. The topological polar surface area (TPSA) is 140 Å². The largest absolute Gasteiger partial charge is 0.494 e. The van der Waals surface area contributed by atoms with Gasteiger partial charge in [-0.05, 0) is 43.3 Å². The first kappa shape index (κ1) is 23.5. The van der Waals surface area contributed by atoms with Gasteiger partial charge in [-0.1, -0.05) is 34.7 Å². The maximum atomic E-state index is 12.9. The van der Waals surface area contributed by atoms with Gasteiger partial charge in [-0.2, -0.15) is 9.29 Å². The molecule has 0 saturated carbocycles. The highest BCUT2D eigenvalue weighted by atomic mass is 32.2. The lowest BCUT2D eigenvalue weighted by molar-refractivity contribution is 0.102. The molecule has 0 radical (unpaired) electrons. The number of nitrogens with one attached hydrogen (secondary N) is 1. The van der Waals surface area contributed by atoms with Crippen LogP contribution in [-0.2, 0) is 16.6 Å². The van der Waals surface area contributed by atoms with Gasteiger partial charge in [0, 0.05) is 18.2 Å². The third-order valence-corrected chi connectivity index (χ3v) is 7.53. The Labute approximate surface area is 199 Å². The fourth-order valence-electron chi connectivity index (χ4n) is 2.84. The molecule has 13 heteroatoms. The minimum Gasteiger partial charge on any atom is -0.494 e. The van der Waals surface area contributed by atoms with Crippen molar-refractivity contribution in [2.45, 2.75) is 17.8 Å². The summed E-state index contributed by atoms with van der Waals surface area (Å²) in [7, 11) is -2.64. The molecule has 1 amide bonds. The standard InChI is InChI=1S/C21H20N6O5S2/c1-3-31-16-11-9-14(10-12-16)18-22-17(32-26-18)13-27(2)34(29,30)21-25-24-20(33-21)23-19(28)15-7-5-4-6-8-15/h4-12H,3,13H2,1-2H3,(H,23,24,28). The van der Waals surface area contributed by atoms with Crippen LogP contribution in [0.5, 0.6) is 5.75 Å². The Kier molecular flexibility index (Phi) is 6.95. The Hall–Kier alpha value is -3.68. The van der Waals surface area contributed by atoms with Crippen LogP contribution < -0.4 is 10.1 Å². The summed E-state index contributed by atoms with van der Waals surface area (Å²) in [6.07, 6.45) is 0. The SMILES string of the molecule is CCOc1ccc(-c2noc(CN(C)S(=O)(=O)c3nnc(NC(=O)c4ccccc4)s3)n2)cc1. The minimum atomic E-state index is -4.00. The summed E-state index contributed by atoms with van der Waals surface area (Å²) in [6.45, 7) is 2.28. The molecule has 1 N–H and O–H groups in total. The van der Waals surface area contributed by atoms with E-state index in [0.717, 1.165) is 21.4 Å². The van der Waals surface area contributed by atoms with Gasteiger partial charge in [0.15, 0.2) is 0 Å². The number of hydrogen-bond donors (Lipinski definition) is 1. The molecule has 0 aliphatic rings. The van der Waals surface area contributed by atoms with E-state index < -0.39 is 15.9 Å². The number of hydrogen-bond acceptors (Lipinski definition) is 10. The fourth-order valence-corrected chi connectivity index (χ4v) is 5.04. The monoisotopic (exact) mass is 500 g/mol. The van der Waals surface area contributed by atoms with E-state index in [1.165, 1.54) is 7.05 Å². The van der Waals surface area contributed by atoms with E-state index in [1.54, 1.807) is 54.6 Å². The molecular formula is C21H20N6O5S2. The van der Waals surface area contributed by atoms with Crippen LogP contribution in [-0.4, -0.2) is 52.6 Å². The molecule has 0 fully saturated rings. The van der Waals surface area contributed by atoms with Crippen LogP contribution >= 0.6 is 11.3 Å². The summed E-state index contributed by atoms with van der Waals surface area (Å²) in [4.78, 5) is 16.5.